The van der Waals surface area contributed by atoms with E-state index in [0.717, 1.165) is 24.3 Å². The molecule has 0 bridgehead atoms. The molecule has 0 aliphatic rings. The fraction of sp³-hybridized carbons (Fsp3) is 0.538. The highest BCUT2D eigenvalue weighted by Crippen LogP contribution is 2.17. The number of nitro groups is 1. The molecular weight excluding hydrogens is 248 g/mol. The molecule has 1 aromatic carbocycles. The molecule has 0 radical (unpaired) electrons. The van der Waals surface area contributed by atoms with Gasteiger partial charge in [-0.1, -0.05) is 19.1 Å². The largest absolute Gasteiger partial charge is 0.310 e. The van der Waals surface area contributed by atoms with Crippen molar-refractivity contribution in [1.82, 2.24) is 5.32 Å². The quantitative estimate of drug-likeness (QED) is 0.446. The molecule has 0 saturated heterocycles. The predicted octanol–water partition coefficient (Wildman–Crippen LogP) is 3.39. The number of nitrogens with zero attached hydrogens (tertiary/aromatic N) is 1. The first-order valence-electron chi connectivity index (χ1n) is 6.20. The van der Waals surface area contributed by atoms with Crippen LogP contribution in [-0.2, 0) is 0 Å². The second-order valence-corrected chi connectivity index (χ2v) is 5.47. The molecule has 0 heterocycles. The van der Waals surface area contributed by atoms with E-state index in [2.05, 4.69) is 19.2 Å². The summed E-state index contributed by atoms with van der Waals surface area (Å²) in [5.74, 6) is 2.34. The molecule has 100 valence electrons. The van der Waals surface area contributed by atoms with Crippen molar-refractivity contribution in [2.75, 3.05) is 18.1 Å². The highest BCUT2D eigenvalue weighted by Gasteiger charge is 2.08. The minimum atomic E-state index is -0.371. The molecule has 5 heteroatoms. The summed E-state index contributed by atoms with van der Waals surface area (Å²) in [6, 6.07) is 6.98. The van der Waals surface area contributed by atoms with Gasteiger partial charge in [0.1, 0.15) is 0 Å². The Balaban J connectivity index is 2.37. The highest BCUT2D eigenvalue weighted by atomic mass is 32.2. The van der Waals surface area contributed by atoms with Crippen LogP contribution in [0.4, 0.5) is 5.69 Å². The van der Waals surface area contributed by atoms with E-state index in [0.29, 0.717) is 0 Å². The second-order valence-electron chi connectivity index (χ2n) is 4.07. The zero-order valence-corrected chi connectivity index (χ0v) is 11.7. The SMILES string of the molecule is CCSCCCNC(C)c1ccc([N+](=O)[O-])cc1. The lowest BCUT2D eigenvalue weighted by molar-refractivity contribution is -0.384. The van der Waals surface area contributed by atoms with Crippen molar-refractivity contribution in [1.29, 1.82) is 0 Å². The average Bonchev–Trinajstić information content (AvgIpc) is 2.38. The Morgan fingerprint density at radius 2 is 2.06 bits per heavy atom. The number of non-ortho nitro benzene ring substituents is 1. The van der Waals surface area contributed by atoms with Crippen LogP contribution in [0.3, 0.4) is 0 Å². The molecule has 0 aliphatic heterocycles. The molecule has 0 aromatic heterocycles. The van der Waals surface area contributed by atoms with Crippen LogP contribution in [0.15, 0.2) is 24.3 Å². The molecule has 4 nitrogen and oxygen atoms in total. The van der Waals surface area contributed by atoms with E-state index in [1.807, 2.05) is 23.9 Å². The molecule has 0 fully saturated rings. The molecule has 1 unspecified atom stereocenters. The van der Waals surface area contributed by atoms with Crippen molar-refractivity contribution in [3.8, 4) is 0 Å². The van der Waals surface area contributed by atoms with Gasteiger partial charge >= 0.3 is 0 Å². The van der Waals surface area contributed by atoms with E-state index in [4.69, 9.17) is 0 Å². The molecule has 1 atom stereocenters. The topological polar surface area (TPSA) is 55.2 Å². The number of nitro benzene ring substituents is 1. The van der Waals surface area contributed by atoms with Crippen molar-refractivity contribution >= 4 is 17.4 Å². The van der Waals surface area contributed by atoms with Gasteiger partial charge in [-0.2, -0.15) is 11.8 Å². The Bertz CT molecular complexity index is 368. The number of hydrogen-bond acceptors (Lipinski definition) is 4. The lowest BCUT2D eigenvalue weighted by Gasteiger charge is -2.13. The summed E-state index contributed by atoms with van der Waals surface area (Å²) in [4.78, 5) is 10.2. The third-order valence-electron chi connectivity index (χ3n) is 2.72. The van der Waals surface area contributed by atoms with Gasteiger partial charge in [0.25, 0.3) is 5.69 Å². The Kier molecular flexibility index (Phi) is 6.75. The fourth-order valence-electron chi connectivity index (χ4n) is 1.64. The summed E-state index contributed by atoms with van der Waals surface area (Å²) in [6.07, 6.45) is 1.15. The minimum Gasteiger partial charge on any atom is -0.310 e. The van der Waals surface area contributed by atoms with Crippen molar-refractivity contribution in [2.45, 2.75) is 26.3 Å². The summed E-state index contributed by atoms with van der Waals surface area (Å²) < 4.78 is 0. The van der Waals surface area contributed by atoms with Crippen molar-refractivity contribution < 1.29 is 4.92 Å². The third-order valence-corrected chi connectivity index (χ3v) is 3.71. The van der Waals surface area contributed by atoms with Crippen LogP contribution in [0.2, 0.25) is 0 Å². The first kappa shape index (κ1) is 15.0. The van der Waals surface area contributed by atoms with Gasteiger partial charge in [0.2, 0.25) is 0 Å². The van der Waals surface area contributed by atoms with E-state index in [1.165, 1.54) is 5.75 Å². The monoisotopic (exact) mass is 268 g/mol. The smallest absolute Gasteiger partial charge is 0.269 e. The summed E-state index contributed by atoms with van der Waals surface area (Å²) in [5, 5.41) is 14.0. The van der Waals surface area contributed by atoms with E-state index in [-0.39, 0.29) is 16.7 Å². The van der Waals surface area contributed by atoms with Gasteiger partial charge in [-0.3, -0.25) is 10.1 Å². The Labute approximate surface area is 112 Å². The summed E-state index contributed by atoms with van der Waals surface area (Å²) >= 11 is 1.95. The minimum absolute atomic E-state index is 0.144. The lowest BCUT2D eigenvalue weighted by atomic mass is 10.1. The van der Waals surface area contributed by atoms with Crippen molar-refractivity contribution in [3.05, 3.63) is 39.9 Å². The number of rotatable bonds is 8. The average molecular weight is 268 g/mol. The van der Waals surface area contributed by atoms with E-state index < -0.39 is 0 Å². The number of nitrogens with one attached hydrogen (secondary N) is 1. The number of hydrogen-bond donors (Lipinski definition) is 1. The summed E-state index contributed by atoms with van der Waals surface area (Å²) in [7, 11) is 0. The van der Waals surface area contributed by atoms with Gasteiger partial charge in [-0.05, 0) is 37.0 Å². The Morgan fingerprint density at radius 3 is 2.61 bits per heavy atom. The molecule has 0 saturated carbocycles. The number of thioether (sulfide) groups is 1. The van der Waals surface area contributed by atoms with Crippen LogP contribution in [-0.4, -0.2) is 23.0 Å². The molecule has 1 aromatic rings. The fourth-order valence-corrected chi connectivity index (χ4v) is 2.28. The zero-order chi connectivity index (χ0) is 13.4. The van der Waals surface area contributed by atoms with Crippen LogP contribution in [0.1, 0.15) is 31.9 Å². The van der Waals surface area contributed by atoms with Gasteiger partial charge < -0.3 is 5.32 Å². The maximum Gasteiger partial charge on any atom is 0.269 e. The van der Waals surface area contributed by atoms with Crippen molar-refractivity contribution in [2.24, 2.45) is 0 Å². The van der Waals surface area contributed by atoms with Crippen LogP contribution in [0.25, 0.3) is 0 Å². The third kappa shape index (κ3) is 5.06. The lowest BCUT2D eigenvalue weighted by Crippen LogP contribution is -2.20. The Hall–Kier alpha value is -1.07. The summed E-state index contributed by atoms with van der Waals surface area (Å²) in [5.41, 5.74) is 1.23. The molecular formula is C13H20N2O2S. The van der Waals surface area contributed by atoms with Gasteiger partial charge in [0.05, 0.1) is 4.92 Å². The normalized spacial score (nSPS) is 12.3. The molecule has 1 rings (SSSR count). The highest BCUT2D eigenvalue weighted by molar-refractivity contribution is 7.99. The maximum absolute atomic E-state index is 10.5. The first-order valence-corrected chi connectivity index (χ1v) is 7.36. The Morgan fingerprint density at radius 1 is 1.39 bits per heavy atom. The molecule has 0 amide bonds. The van der Waals surface area contributed by atoms with E-state index in [9.17, 15) is 10.1 Å². The van der Waals surface area contributed by atoms with Gasteiger partial charge in [0.15, 0.2) is 0 Å². The van der Waals surface area contributed by atoms with Crippen LogP contribution < -0.4 is 5.32 Å². The van der Waals surface area contributed by atoms with Crippen LogP contribution in [0, 0.1) is 10.1 Å². The van der Waals surface area contributed by atoms with Crippen LogP contribution in [0.5, 0.6) is 0 Å². The standard InChI is InChI=1S/C13H20N2O2S/c1-3-18-10-4-9-14-11(2)12-5-7-13(8-6-12)15(16)17/h5-8,11,14H,3-4,9-10H2,1-2H3. The predicted molar refractivity (Wildman–Crippen MR) is 77.1 cm³/mol. The van der Waals surface area contributed by atoms with E-state index in [1.54, 1.807) is 12.1 Å². The second kappa shape index (κ2) is 8.11. The van der Waals surface area contributed by atoms with Crippen molar-refractivity contribution in [3.63, 3.8) is 0 Å². The molecule has 0 aliphatic carbocycles. The molecule has 0 spiro atoms. The molecule has 18 heavy (non-hydrogen) atoms. The maximum atomic E-state index is 10.5. The number of benzene rings is 1. The van der Waals surface area contributed by atoms with E-state index >= 15 is 0 Å². The van der Waals surface area contributed by atoms with Gasteiger partial charge in [0, 0.05) is 18.2 Å². The first-order chi connectivity index (χ1) is 8.65. The molecule has 1 N–H and O–H groups in total. The van der Waals surface area contributed by atoms with Crippen LogP contribution >= 0.6 is 11.8 Å². The zero-order valence-electron chi connectivity index (χ0n) is 10.9. The summed E-state index contributed by atoms with van der Waals surface area (Å²) in [6.45, 7) is 5.22. The van der Waals surface area contributed by atoms with Gasteiger partial charge in [-0.25, -0.2) is 0 Å². The van der Waals surface area contributed by atoms with Gasteiger partial charge in [-0.15, -0.1) is 0 Å².